The monoisotopic (exact) mass is 1030 g/mol. The molecule has 0 radical (unpaired) electrons. The van der Waals surface area contributed by atoms with Crippen LogP contribution in [0.4, 0.5) is 87.8 Å². The van der Waals surface area contributed by atoms with Crippen molar-refractivity contribution in [2.75, 3.05) is 0 Å². The summed E-state index contributed by atoms with van der Waals surface area (Å²) in [5, 5.41) is 2.01. The van der Waals surface area contributed by atoms with Crippen LogP contribution in [0.1, 0.15) is 48.2 Å². The van der Waals surface area contributed by atoms with Crippen molar-refractivity contribution in [3.05, 3.63) is 194 Å². The molecule has 0 bridgehead atoms. The van der Waals surface area contributed by atoms with Crippen molar-refractivity contribution < 1.29 is 102 Å². The van der Waals surface area contributed by atoms with Gasteiger partial charge in [-0.2, -0.15) is 4.57 Å². The molecule has 0 amide bonds. The van der Waals surface area contributed by atoms with E-state index in [1.54, 1.807) is 0 Å². The molecule has 1 fully saturated rings. The van der Waals surface area contributed by atoms with Crippen LogP contribution < -0.4 is 26.4 Å². The Balaban J connectivity index is 0.000000240. The van der Waals surface area contributed by atoms with Crippen LogP contribution in [0, 0.1) is 116 Å². The molecule has 6 aromatic carbocycles. The third kappa shape index (κ3) is 8.57. The Kier molecular flexibility index (Phi) is 14.5. The van der Waals surface area contributed by atoms with Gasteiger partial charge in [0.25, 0.3) is 5.69 Å². The van der Waals surface area contributed by atoms with Crippen molar-refractivity contribution in [2.45, 2.75) is 44.8 Å². The van der Waals surface area contributed by atoms with Gasteiger partial charge in [0, 0.05) is 11.6 Å². The molecule has 3 nitrogen and oxygen atoms in total. The van der Waals surface area contributed by atoms with E-state index in [0.29, 0.717) is 12.2 Å². The van der Waals surface area contributed by atoms with Gasteiger partial charge in [0.15, 0.2) is 82.5 Å². The number of fused-ring (bicyclic) bond motifs is 1. The quantitative estimate of drug-likeness (QED) is 0.0379. The Morgan fingerprint density at radius 2 is 0.746 bits per heavy atom. The summed E-state index contributed by atoms with van der Waals surface area (Å²) in [7, 11) is 0. The number of aromatic nitrogens is 1. The highest BCUT2D eigenvalue weighted by Crippen LogP contribution is 2.31. The number of hydrogen-bond donors (Lipinski definition) is 0. The minimum Gasteiger partial charge on any atom is -0.454 e. The predicted octanol–water partition coefficient (Wildman–Crippen LogP) is 10.5. The lowest BCUT2D eigenvalue weighted by molar-refractivity contribution is -0.689. The number of pyridine rings is 1. The van der Waals surface area contributed by atoms with Crippen molar-refractivity contribution in [3.63, 3.8) is 0 Å². The van der Waals surface area contributed by atoms with Gasteiger partial charge >= 0.3 is 5.97 Å². The van der Waals surface area contributed by atoms with Crippen LogP contribution in [0.15, 0.2) is 66.9 Å². The molecule has 1 aromatic heterocycles. The van der Waals surface area contributed by atoms with E-state index in [9.17, 15) is 57.5 Å². The third-order valence-electron chi connectivity index (χ3n) is 11.9. The lowest BCUT2D eigenvalue weighted by Gasteiger charge is -2.44. The normalized spacial score (nSPS) is 13.1. The summed E-state index contributed by atoms with van der Waals surface area (Å²) >= 11 is 0. The maximum atomic E-state index is 15.4. The summed E-state index contributed by atoms with van der Waals surface area (Å²) in [5.74, 6) is -71.6. The van der Waals surface area contributed by atoms with Gasteiger partial charge < -0.3 is 4.74 Å². The SMILES string of the molecule is Fc1c(F)c(F)c([B-](c2c(F)c(F)c(F)c(F)c2F)(c2c(F)c(F)c(F)c(F)c2F)c2c(F)c(F)c(F)c(F)c2F)c(F)c1F.O=C(OC1CCCCC1)c1c2ccccc2cc[n+]1Cc1ccccc1. The van der Waals surface area contributed by atoms with Gasteiger partial charge in [-0.25, -0.2) is 92.6 Å². The number of ether oxygens (including phenoxy) is 1. The molecule has 0 unspecified atom stereocenters. The topological polar surface area (TPSA) is 30.2 Å². The third-order valence-corrected chi connectivity index (χ3v) is 11.9. The van der Waals surface area contributed by atoms with Crippen LogP contribution in [0.3, 0.4) is 0 Å². The summed E-state index contributed by atoms with van der Waals surface area (Å²) in [6.45, 7) is 0.654. The second kappa shape index (κ2) is 19.9. The summed E-state index contributed by atoms with van der Waals surface area (Å²) in [5.41, 5.74) is -12.5. The zero-order valence-corrected chi connectivity index (χ0v) is 35.1. The van der Waals surface area contributed by atoms with Crippen molar-refractivity contribution >= 4 is 44.7 Å². The number of halogens is 20. The Labute approximate surface area is 385 Å². The van der Waals surface area contributed by atoms with Crippen molar-refractivity contribution in [1.29, 1.82) is 0 Å². The van der Waals surface area contributed by atoms with Crippen LogP contribution >= 0.6 is 0 Å². The molecule has 0 aliphatic heterocycles. The number of carbonyl (C=O) groups excluding carboxylic acids is 1. The maximum absolute atomic E-state index is 15.4. The maximum Gasteiger partial charge on any atom is 0.404 e. The lowest BCUT2D eigenvalue weighted by Crippen LogP contribution is -2.81. The van der Waals surface area contributed by atoms with Crippen LogP contribution in [0.25, 0.3) is 10.8 Å². The van der Waals surface area contributed by atoms with E-state index in [0.717, 1.165) is 36.5 Å². The second-order valence-electron chi connectivity index (χ2n) is 15.8. The highest BCUT2D eigenvalue weighted by atomic mass is 19.2. The van der Waals surface area contributed by atoms with Gasteiger partial charge in [-0.05, 0) is 37.1 Å². The van der Waals surface area contributed by atoms with Crippen LogP contribution in [-0.2, 0) is 11.3 Å². The molecular weight excluding hydrogens is 1000 g/mol. The van der Waals surface area contributed by atoms with Crippen LogP contribution in [-0.4, -0.2) is 18.2 Å². The first-order valence-corrected chi connectivity index (χ1v) is 20.4. The average molecular weight is 1030 g/mol. The van der Waals surface area contributed by atoms with Crippen molar-refractivity contribution in [2.24, 2.45) is 0 Å². The molecule has 0 spiro atoms. The molecule has 1 saturated carbocycles. The Bertz CT molecular complexity index is 2890. The summed E-state index contributed by atoms with van der Waals surface area (Å²) in [4.78, 5) is 13.1. The van der Waals surface area contributed by atoms with Gasteiger partial charge in [0.2, 0.25) is 0 Å². The van der Waals surface area contributed by atoms with E-state index in [2.05, 4.69) is 18.2 Å². The molecule has 1 aliphatic rings. The Morgan fingerprint density at radius 1 is 0.423 bits per heavy atom. The molecule has 0 N–H and O–H groups in total. The number of carbonyl (C=O) groups is 1. The molecule has 372 valence electrons. The zero-order chi connectivity index (χ0) is 52.1. The van der Waals surface area contributed by atoms with Gasteiger partial charge in [0.05, 0.1) is 5.39 Å². The van der Waals surface area contributed by atoms with Gasteiger partial charge in [-0.15, -0.1) is 21.9 Å². The predicted molar refractivity (Wildman–Crippen MR) is 211 cm³/mol. The number of esters is 1. The molecule has 0 saturated heterocycles. The fourth-order valence-electron chi connectivity index (χ4n) is 8.66. The first-order valence-electron chi connectivity index (χ1n) is 20.4. The standard InChI is InChI=1S/C24BF20.C23H24NO2/c26-5-1(6(27)14(35)21(42)13(5)34)25(2-7(28)15(36)22(43)16(37)8(2)29,3-9(30)17(38)23(44)18(39)10(3)31)4-11(32)19(40)24(45)20(41)12(4)33;25-23(26-20-12-5-2-6-13-20)22-21-14-8-7-11-19(21)15-16-24(22)17-18-9-3-1-4-10-18/h;1,3-4,7-11,14-16,20H,2,5-6,12-13,17H2/q-1;+1. The Hall–Kier alpha value is -7.14. The average Bonchev–Trinajstić information content (AvgIpc) is 3.36. The highest BCUT2D eigenvalue weighted by Gasteiger charge is 2.52. The van der Waals surface area contributed by atoms with Crippen LogP contribution in [0.5, 0.6) is 0 Å². The first-order chi connectivity index (χ1) is 33.5. The van der Waals surface area contributed by atoms with Crippen LogP contribution in [0.2, 0.25) is 0 Å². The summed E-state index contributed by atoms with van der Waals surface area (Å²) in [6.07, 6.45) is 0.341. The number of benzene rings is 6. The van der Waals surface area contributed by atoms with E-state index in [1.807, 2.05) is 53.2 Å². The fraction of sp³-hybridized carbons (Fsp3) is 0.149. The number of nitrogens with zero attached hydrogens (tertiary/aromatic N) is 1. The smallest absolute Gasteiger partial charge is 0.404 e. The fourth-order valence-corrected chi connectivity index (χ4v) is 8.66. The molecule has 8 rings (SSSR count). The largest absolute Gasteiger partial charge is 0.454 e. The molecular formula is C47H24BF20NO2. The number of hydrogen-bond acceptors (Lipinski definition) is 2. The van der Waals surface area contributed by atoms with Gasteiger partial charge in [0.1, 0.15) is 58.8 Å². The second-order valence-corrected chi connectivity index (χ2v) is 15.8. The first kappa shape index (κ1) is 51.7. The molecule has 0 atom stereocenters. The van der Waals surface area contributed by atoms with E-state index in [4.69, 9.17) is 4.74 Å². The van der Waals surface area contributed by atoms with E-state index < -0.39 is 144 Å². The van der Waals surface area contributed by atoms with E-state index in [1.165, 1.54) is 12.0 Å². The minimum absolute atomic E-state index is 0.0559. The zero-order valence-electron chi connectivity index (χ0n) is 35.1. The van der Waals surface area contributed by atoms with Crippen molar-refractivity contribution in [1.82, 2.24) is 0 Å². The van der Waals surface area contributed by atoms with Gasteiger partial charge in [-0.3, -0.25) is 0 Å². The highest BCUT2D eigenvalue weighted by molar-refractivity contribution is 7.20. The summed E-state index contributed by atoms with van der Waals surface area (Å²) < 4.78 is 302. The molecule has 71 heavy (non-hydrogen) atoms. The van der Waals surface area contributed by atoms with Gasteiger partial charge in [-0.1, -0.05) is 55.0 Å². The lowest BCUT2D eigenvalue weighted by atomic mass is 9.12. The molecule has 1 aliphatic carbocycles. The van der Waals surface area contributed by atoms with E-state index >= 15 is 35.1 Å². The molecule has 7 aromatic rings. The molecule has 1 heterocycles. The Morgan fingerprint density at radius 3 is 1.11 bits per heavy atom. The minimum atomic E-state index is -7.22. The van der Waals surface area contributed by atoms with E-state index in [-0.39, 0.29) is 12.1 Å². The van der Waals surface area contributed by atoms with Crippen molar-refractivity contribution in [3.8, 4) is 0 Å². The number of rotatable bonds is 8. The molecule has 24 heteroatoms. The summed E-state index contributed by atoms with van der Waals surface area (Å²) in [6, 6.07) is 20.3.